The van der Waals surface area contributed by atoms with Crippen molar-refractivity contribution in [2.75, 3.05) is 19.7 Å². The average molecular weight is 383 g/mol. The first-order valence-electron chi connectivity index (χ1n) is 8.93. The molecule has 26 heavy (non-hydrogen) atoms. The Labute approximate surface area is 159 Å². The molecule has 0 bridgehead atoms. The summed E-state index contributed by atoms with van der Waals surface area (Å²) in [6, 6.07) is 5.06. The number of hydrogen-bond donors (Lipinski definition) is 2. The van der Waals surface area contributed by atoms with Gasteiger partial charge in [0.2, 0.25) is 5.91 Å². The lowest BCUT2D eigenvalue weighted by molar-refractivity contribution is -0.133. The summed E-state index contributed by atoms with van der Waals surface area (Å²) in [7, 11) is 0. The molecule has 144 valence electrons. The largest absolute Gasteiger partial charge is 0.482 e. The van der Waals surface area contributed by atoms with Crippen LogP contribution in [0.25, 0.3) is 0 Å². The molecule has 1 heterocycles. The summed E-state index contributed by atoms with van der Waals surface area (Å²) in [4.78, 5) is 26.0. The quantitative estimate of drug-likeness (QED) is 0.817. The van der Waals surface area contributed by atoms with E-state index >= 15 is 0 Å². The second-order valence-corrected chi connectivity index (χ2v) is 7.43. The number of amides is 2. The fraction of sp³-hybridized carbons (Fsp3) is 0.579. The van der Waals surface area contributed by atoms with Gasteiger partial charge in [0.05, 0.1) is 17.2 Å². The van der Waals surface area contributed by atoms with Gasteiger partial charge < -0.3 is 20.1 Å². The maximum absolute atomic E-state index is 12.5. The number of aliphatic hydroxyl groups excluding tert-OH is 1. The van der Waals surface area contributed by atoms with Crippen molar-refractivity contribution in [2.24, 2.45) is 5.92 Å². The molecule has 1 aliphatic rings. The first-order chi connectivity index (χ1) is 12.3. The minimum Gasteiger partial charge on any atom is -0.482 e. The van der Waals surface area contributed by atoms with Crippen molar-refractivity contribution >= 4 is 23.4 Å². The molecule has 0 radical (unpaired) electrons. The zero-order chi connectivity index (χ0) is 19.3. The molecule has 7 heteroatoms. The third kappa shape index (κ3) is 5.61. The van der Waals surface area contributed by atoms with Crippen molar-refractivity contribution in [3.05, 3.63) is 28.8 Å². The van der Waals surface area contributed by atoms with E-state index in [9.17, 15) is 14.7 Å². The SMILES string of the molecule is Cc1ccc(Cl)c(OCC(=O)N2CC[C@H](NC(=O)C(C)C)[C@@H](O)CC2)c1. The van der Waals surface area contributed by atoms with E-state index in [1.807, 2.05) is 26.8 Å². The molecule has 1 fully saturated rings. The molecular formula is C19H27ClN2O4. The monoisotopic (exact) mass is 382 g/mol. The van der Waals surface area contributed by atoms with Crippen molar-refractivity contribution < 1.29 is 19.4 Å². The van der Waals surface area contributed by atoms with Gasteiger partial charge in [-0.15, -0.1) is 0 Å². The van der Waals surface area contributed by atoms with E-state index in [1.54, 1.807) is 17.0 Å². The predicted molar refractivity (Wildman–Crippen MR) is 100 cm³/mol. The number of nitrogens with one attached hydrogen (secondary N) is 1. The Balaban J connectivity index is 1.90. The van der Waals surface area contributed by atoms with Gasteiger partial charge in [0.1, 0.15) is 5.75 Å². The van der Waals surface area contributed by atoms with Crippen LogP contribution in [0.5, 0.6) is 5.75 Å². The summed E-state index contributed by atoms with van der Waals surface area (Å²) in [5.74, 6) is 0.0875. The zero-order valence-electron chi connectivity index (χ0n) is 15.5. The van der Waals surface area contributed by atoms with E-state index in [0.717, 1.165) is 5.56 Å². The highest BCUT2D eigenvalue weighted by Gasteiger charge is 2.28. The number of likely N-dealkylation sites (tertiary alicyclic amines) is 1. The first-order valence-corrected chi connectivity index (χ1v) is 9.31. The maximum atomic E-state index is 12.5. The van der Waals surface area contributed by atoms with Crippen LogP contribution in [0.15, 0.2) is 18.2 Å². The minimum absolute atomic E-state index is 0.0914. The van der Waals surface area contributed by atoms with Crippen LogP contribution < -0.4 is 10.1 Å². The molecule has 2 atom stereocenters. The van der Waals surface area contributed by atoms with E-state index in [0.29, 0.717) is 36.7 Å². The Morgan fingerprint density at radius 1 is 1.35 bits per heavy atom. The second-order valence-electron chi connectivity index (χ2n) is 7.02. The highest BCUT2D eigenvalue weighted by atomic mass is 35.5. The molecule has 2 N–H and O–H groups in total. The highest BCUT2D eigenvalue weighted by Crippen LogP contribution is 2.25. The molecule has 1 aliphatic heterocycles. The lowest BCUT2D eigenvalue weighted by atomic mass is 10.1. The molecule has 1 aromatic rings. The van der Waals surface area contributed by atoms with Gasteiger partial charge >= 0.3 is 0 Å². The fourth-order valence-corrected chi connectivity index (χ4v) is 2.98. The van der Waals surface area contributed by atoms with Crippen LogP contribution in [0, 0.1) is 12.8 Å². The number of nitrogens with zero attached hydrogens (tertiary/aromatic N) is 1. The van der Waals surface area contributed by atoms with Gasteiger partial charge in [0.25, 0.3) is 5.91 Å². The van der Waals surface area contributed by atoms with Crippen LogP contribution in [0.1, 0.15) is 32.3 Å². The molecule has 0 spiro atoms. The van der Waals surface area contributed by atoms with Crippen molar-refractivity contribution in [1.82, 2.24) is 10.2 Å². The Morgan fingerprint density at radius 3 is 2.73 bits per heavy atom. The van der Waals surface area contributed by atoms with Crippen LogP contribution in [-0.4, -0.2) is 53.7 Å². The molecule has 1 aromatic carbocycles. The third-order valence-corrected chi connectivity index (χ3v) is 4.82. The third-order valence-electron chi connectivity index (χ3n) is 4.51. The number of aryl methyl sites for hydroxylation is 1. The number of rotatable bonds is 5. The number of hydrogen-bond acceptors (Lipinski definition) is 4. The van der Waals surface area contributed by atoms with Crippen molar-refractivity contribution in [1.29, 1.82) is 0 Å². The van der Waals surface area contributed by atoms with Crippen LogP contribution in [0.4, 0.5) is 0 Å². The first kappa shape index (κ1) is 20.5. The fourth-order valence-electron chi connectivity index (χ4n) is 2.81. The Morgan fingerprint density at radius 2 is 2.04 bits per heavy atom. The van der Waals surface area contributed by atoms with Crippen molar-refractivity contribution in [3.8, 4) is 5.75 Å². The standard InChI is InChI=1S/C19H27ClN2O4/c1-12(2)19(25)21-15-6-8-22(9-7-16(15)23)18(24)11-26-17-10-13(3)4-5-14(17)20/h4-5,10,12,15-16,23H,6-9,11H2,1-3H3,(H,21,25)/t15-,16-/m0/s1. The van der Waals surface area contributed by atoms with Gasteiger partial charge in [-0.25, -0.2) is 0 Å². The zero-order valence-corrected chi connectivity index (χ0v) is 16.3. The summed E-state index contributed by atoms with van der Waals surface area (Å²) < 4.78 is 5.57. The van der Waals surface area contributed by atoms with Crippen LogP contribution in [-0.2, 0) is 9.59 Å². The van der Waals surface area contributed by atoms with Crippen molar-refractivity contribution in [2.45, 2.75) is 45.8 Å². The predicted octanol–water partition coefficient (Wildman–Crippen LogP) is 2.15. The van der Waals surface area contributed by atoms with Gasteiger partial charge in [-0.1, -0.05) is 31.5 Å². The molecule has 0 unspecified atom stereocenters. The smallest absolute Gasteiger partial charge is 0.260 e. The summed E-state index contributed by atoms with van der Waals surface area (Å²) >= 11 is 6.08. The molecule has 2 rings (SSSR count). The topological polar surface area (TPSA) is 78.9 Å². The van der Waals surface area contributed by atoms with E-state index < -0.39 is 6.10 Å². The average Bonchev–Trinajstić information content (AvgIpc) is 2.77. The molecular weight excluding hydrogens is 356 g/mol. The summed E-state index contributed by atoms with van der Waals surface area (Å²) in [6.07, 6.45) is 0.263. The summed E-state index contributed by atoms with van der Waals surface area (Å²) in [6.45, 7) is 6.32. The molecule has 0 aliphatic carbocycles. The Kier molecular flexibility index (Phi) is 7.29. The molecule has 2 amide bonds. The van der Waals surface area contributed by atoms with Crippen LogP contribution in [0.2, 0.25) is 5.02 Å². The van der Waals surface area contributed by atoms with Gasteiger partial charge in [-0.3, -0.25) is 9.59 Å². The molecule has 0 aromatic heterocycles. The number of aliphatic hydroxyl groups is 1. The van der Waals surface area contributed by atoms with Crippen LogP contribution in [0.3, 0.4) is 0 Å². The Bertz CT molecular complexity index is 650. The second kappa shape index (κ2) is 9.24. The van der Waals surface area contributed by atoms with Gasteiger partial charge in [0, 0.05) is 19.0 Å². The number of ether oxygens (including phenoxy) is 1. The molecule has 1 saturated heterocycles. The lowest BCUT2D eigenvalue weighted by Gasteiger charge is -2.22. The number of halogens is 1. The molecule has 0 saturated carbocycles. The lowest BCUT2D eigenvalue weighted by Crippen LogP contribution is -2.44. The normalized spacial score (nSPS) is 20.6. The van der Waals surface area contributed by atoms with Gasteiger partial charge in [0.15, 0.2) is 6.61 Å². The van der Waals surface area contributed by atoms with E-state index in [1.165, 1.54) is 0 Å². The number of benzene rings is 1. The number of carbonyl (C=O) groups is 2. The minimum atomic E-state index is -0.664. The maximum Gasteiger partial charge on any atom is 0.260 e. The summed E-state index contributed by atoms with van der Waals surface area (Å²) in [5, 5.41) is 13.6. The highest BCUT2D eigenvalue weighted by molar-refractivity contribution is 6.32. The molecule has 6 nitrogen and oxygen atoms in total. The van der Waals surface area contributed by atoms with Gasteiger partial charge in [-0.05, 0) is 37.5 Å². The number of carbonyl (C=O) groups excluding carboxylic acids is 2. The summed E-state index contributed by atoms with van der Waals surface area (Å²) in [5.41, 5.74) is 0.999. The van der Waals surface area contributed by atoms with Crippen LogP contribution >= 0.6 is 11.6 Å². The van der Waals surface area contributed by atoms with E-state index in [4.69, 9.17) is 16.3 Å². The van der Waals surface area contributed by atoms with Gasteiger partial charge in [-0.2, -0.15) is 0 Å². The van der Waals surface area contributed by atoms with Crippen molar-refractivity contribution in [3.63, 3.8) is 0 Å². The van der Waals surface area contributed by atoms with E-state index in [-0.39, 0.29) is 30.4 Å². The Hall–Kier alpha value is -1.79. The van der Waals surface area contributed by atoms with E-state index in [2.05, 4.69) is 5.32 Å².